The molecule has 0 aliphatic carbocycles. The molecule has 2 rings (SSSR count). The van der Waals surface area contributed by atoms with E-state index in [0.717, 1.165) is 15.8 Å². The fourth-order valence-corrected chi connectivity index (χ4v) is 2.23. The van der Waals surface area contributed by atoms with E-state index >= 15 is 0 Å². The van der Waals surface area contributed by atoms with Crippen LogP contribution in [0.4, 0.5) is 0 Å². The molecule has 0 bridgehead atoms. The lowest BCUT2D eigenvalue weighted by Crippen LogP contribution is -2.10. The second kappa shape index (κ2) is 3.41. The molecule has 3 nitrogen and oxygen atoms in total. The van der Waals surface area contributed by atoms with E-state index in [4.69, 9.17) is 5.73 Å². The minimum Gasteiger partial charge on any atom is -0.387 e. The van der Waals surface area contributed by atoms with Gasteiger partial charge in [-0.2, -0.15) is 0 Å². The smallest absolute Gasteiger partial charge is 0.123 e. The number of pyridine rings is 1. The summed E-state index contributed by atoms with van der Waals surface area (Å²) in [6, 6.07) is 3.81. The number of nitrogens with zero attached hydrogens (tertiary/aromatic N) is 1. The van der Waals surface area contributed by atoms with E-state index in [2.05, 4.69) is 4.98 Å². The first kappa shape index (κ1) is 8.62. The molecule has 2 aromatic rings. The molecule has 0 unspecified atom stereocenters. The van der Waals surface area contributed by atoms with Gasteiger partial charge in [0.1, 0.15) is 4.83 Å². The van der Waals surface area contributed by atoms with Gasteiger partial charge in [0.15, 0.2) is 0 Å². The Bertz CT molecular complexity index is 413. The largest absolute Gasteiger partial charge is 0.387 e. The molecule has 1 atom stereocenters. The van der Waals surface area contributed by atoms with Crippen molar-refractivity contribution in [2.24, 2.45) is 5.73 Å². The number of aliphatic hydroxyl groups excluding tert-OH is 1. The topological polar surface area (TPSA) is 59.1 Å². The van der Waals surface area contributed by atoms with E-state index in [1.165, 1.54) is 11.3 Å². The first-order chi connectivity index (χ1) is 6.33. The summed E-state index contributed by atoms with van der Waals surface area (Å²) in [7, 11) is 0. The number of nitrogens with two attached hydrogens (primary N) is 1. The van der Waals surface area contributed by atoms with Gasteiger partial charge in [-0.15, -0.1) is 11.3 Å². The third kappa shape index (κ3) is 1.44. The number of fused-ring (bicyclic) bond motifs is 1. The number of thiophene rings is 1. The SMILES string of the molecule is NC[C@@H](O)c1csc2ncccc12. The minimum atomic E-state index is -0.571. The third-order valence-electron chi connectivity index (χ3n) is 1.96. The van der Waals surface area contributed by atoms with Crippen molar-refractivity contribution in [1.82, 2.24) is 4.98 Å². The third-order valence-corrected chi connectivity index (χ3v) is 2.88. The lowest BCUT2D eigenvalue weighted by molar-refractivity contribution is 0.188. The van der Waals surface area contributed by atoms with Crippen LogP contribution in [-0.2, 0) is 0 Å². The molecular formula is C9H10N2OS. The monoisotopic (exact) mass is 194 g/mol. The van der Waals surface area contributed by atoms with Crippen molar-refractivity contribution >= 4 is 21.6 Å². The molecule has 0 aromatic carbocycles. The zero-order chi connectivity index (χ0) is 9.26. The van der Waals surface area contributed by atoms with Crippen LogP contribution in [0.1, 0.15) is 11.7 Å². The van der Waals surface area contributed by atoms with Gasteiger partial charge in [0.05, 0.1) is 6.10 Å². The average Bonchev–Trinajstić information content (AvgIpc) is 2.60. The molecule has 0 saturated carbocycles. The molecule has 13 heavy (non-hydrogen) atoms. The molecule has 0 aliphatic rings. The van der Waals surface area contributed by atoms with Crippen LogP contribution < -0.4 is 5.73 Å². The molecule has 3 N–H and O–H groups in total. The number of rotatable bonds is 2. The van der Waals surface area contributed by atoms with E-state index < -0.39 is 6.10 Å². The molecule has 0 aliphatic heterocycles. The van der Waals surface area contributed by atoms with Gasteiger partial charge >= 0.3 is 0 Å². The Kier molecular flexibility index (Phi) is 2.26. The Labute approximate surface area is 79.8 Å². The van der Waals surface area contributed by atoms with Gasteiger partial charge in [-0.05, 0) is 11.4 Å². The molecule has 4 heteroatoms. The van der Waals surface area contributed by atoms with Crippen LogP contribution in [0.15, 0.2) is 23.7 Å². The second-order valence-corrected chi connectivity index (χ2v) is 3.66. The summed E-state index contributed by atoms with van der Waals surface area (Å²) in [5, 5.41) is 12.5. The molecule has 0 amide bonds. The number of hydrogen-bond donors (Lipinski definition) is 2. The Morgan fingerprint density at radius 1 is 1.62 bits per heavy atom. The van der Waals surface area contributed by atoms with Crippen molar-refractivity contribution in [3.05, 3.63) is 29.3 Å². The van der Waals surface area contributed by atoms with Gasteiger partial charge in [-0.3, -0.25) is 0 Å². The van der Waals surface area contributed by atoms with Crippen LogP contribution in [-0.4, -0.2) is 16.6 Å². The first-order valence-electron chi connectivity index (χ1n) is 4.03. The van der Waals surface area contributed by atoms with Gasteiger partial charge in [0.25, 0.3) is 0 Å². The summed E-state index contributed by atoms with van der Waals surface area (Å²) in [6.45, 7) is 0.251. The maximum atomic E-state index is 9.57. The quantitative estimate of drug-likeness (QED) is 0.757. The number of hydrogen-bond acceptors (Lipinski definition) is 4. The zero-order valence-corrected chi connectivity index (χ0v) is 7.79. The predicted octanol–water partition coefficient (Wildman–Crippen LogP) is 1.29. The van der Waals surface area contributed by atoms with E-state index in [1.807, 2.05) is 17.5 Å². The number of aromatic nitrogens is 1. The summed E-state index contributed by atoms with van der Waals surface area (Å²) < 4.78 is 0. The van der Waals surface area contributed by atoms with Gasteiger partial charge < -0.3 is 10.8 Å². The first-order valence-corrected chi connectivity index (χ1v) is 4.91. The summed E-state index contributed by atoms with van der Waals surface area (Å²) in [5.74, 6) is 0. The van der Waals surface area contributed by atoms with Crippen molar-refractivity contribution in [2.45, 2.75) is 6.10 Å². The van der Waals surface area contributed by atoms with E-state index in [9.17, 15) is 5.11 Å². The predicted molar refractivity (Wildman–Crippen MR) is 53.6 cm³/mol. The molecule has 0 radical (unpaired) electrons. The molecule has 0 spiro atoms. The maximum Gasteiger partial charge on any atom is 0.123 e. The molecule has 2 aromatic heterocycles. The molecule has 68 valence electrons. The highest BCUT2D eigenvalue weighted by molar-refractivity contribution is 7.16. The standard InChI is InChI=1S/C9H10N2OS/c10-4-8(12)7-5-13-9-6(7)2-1-3-11-9/h1-3,5,8,12H,4,10H2/t8-/m1/s1. The Morgan fingerprint density at radius 3 is 3.23 bits per heavy atom. The maximum absolute atomic E-state index is 9.57. The average molecular weight is 194 g/mol. The summed E-state index contributed by atoms with van der Waals surface area (Å²) in [5.41, 5.74) is 6.27. The van der Waals surface area contributed by atoms with E-state index in [1.54, 1.807) is 6.20 Å². The van der Waals surface area contributed by atoms with Crippen LogP contribution >= 0.6 is 11.3 Å². The van der Waals surface area contributed by atoms with Crippen molar-refractivity contribution in [3.8, 4) is 0 Å². The fourth-order valence-electron chi connectivity index (χ4n) is 1.27. The van der Waals surface area contributed by atoms with Crippen LogP contribution in [0.25, 0.3) is 10.2 Å². The van der Waals surface area contributed by atoms with Gasteiger partial charge in [0, 0.05) is 23.7 Å². The highest BCUT2D eigenvalue weighted by Crippen LogP contribution is 2.27. The fraction of sp³-hybridized carbons (Fsp3) is 0.222. The van der Waals surface area contributed by atoms with Crippen molar-refractivity contribution in [2.75, 3.05) is 6.54 Å². The van der Waals surface area contributed by atoms with Crippen molar-refractivity contribution in [1.29, 1.82) is 0 Å². The zero-order valence-electron chi connectivity index (χ0n) is 6.97. The minimum absolute atomic E-state index is 0.251. The van der Waals surface area contributed by atoms with Crippen LogP contribution in [0, 0.1) is 0 Å². The molecule has 0 fully saturated rings. The van der Waals surface area contributed by atoms with E-state index in [0.29, 0.717) is 0 Å². The Balaban J connectivity index is 2.57. The van der Waals surface area contributed by atoms with E-state index in [-0.39, 0.29) is 6.54 Å². The van der Waals surface area contributed by atoms with Crippen LogP contribution in [0.3, 0.4) is 0 Å². The molecule has 0 saturated heterocycles. The lowest BCUT2D eigenvalue weighted by atomic mass is 10.1. The second-order valence-electron chi connectivity index (χ2n) is 2.80. The summed E-state index contributed by atoms with van der Waals surface area (Å²) in [4.78, 5) is 5.13. The summed E-state index contributed by atoms with van der Waals surface area (Å²) >= 11 is 1.53. The highest BCUT2D eigenvalue weighted by atomic mass is 32.1. The van der Waals surface area contributed by atoms with Gasteiger partial charge in [0.2, 0.25) is 0 Å². The lowest BCUT2D eigenvalue weighted by Gasteiger charge is -2.04. The summed E-state index contributed by atoms with van der Waals surface area (Å²) in [6.07, 6.45) is 1.18. The highest BCUT2D eigenvalue weighted by Gasteiger charge is 2.11. The van der Waals surface area contributed by atoms with Gasteiger partial charge in [-0.1, -0.05) is 6.07 Å². The Hall–Kier alpha value is -0.970. The Morgan fingerprint density at radius 2 is 2.46 bits per heavy atom. The molecular weight excluding hydrogens is 184 g/mol. The van der Waals surface area contributed by atoms with Crippen LogP contribution in [0.5, 0.6) is 0 Å². The van der Waals surface area contributed by atoms with Crippen LogP contribution in [0.2, 0.25) is 0 Å². The van der Waals surface area contributed by atoms with Crippen molar-refractivity contribution < 1.29 is 5.11 Å². The molecule has 2 heterocycles. The normalized spacial score (nSPS) is 13.4. The number of aliphatic hydroxyl groups is 1. The van der Waals surface area contributed by atoms with Gasteiger partial charge in [-0.25, -0.2) is 4.98 Å². The van der Waals surface area contributed by atoms with Crippen molar-refractivity contribution in [3.63, 3.8) is 0 Å².